The van der Waals surface area contributed by atoms with Crippen LogP contribution in [0.4, 0.5) is 11.4 Å². The molecule has 0 aliphatic rings. The number of amides is 1. The molecule has 6 nitrogen and oxygen atoms in total. The van der Waals surface area contributed by atoms with E-state index < -0.39 is 4.92 Å². The molecular formula is C16H16N2O4. The number of hydrogen-bond donors (Lipinski definition) is 1. The topological polar surface area (TPSA) is 81.5 Å². The van der Waals surface area contributed by atoms with E-state index in [1.807, 2.05) is 25.1 Å². The first-order valence-corrected chi connectivity index (χ1v) is 6.70. The number of carbonyl (C=O) groups is 1. The van der Waals surface area contributed by atoms with E-state index in [0.29, 0.717) is 5.69 Å². The van der Waals surface area contributed by atoms with Crippen molar-refractivity contribution in [2.24, 2.45) is 0 Å². The maximum atomic E-state index is 11.9. The molecule has 0 radical (unpaired) electrons. The highest BCUT2D eigenvalue weighted by Gasteiger charge is 2.16. The zero-order chi connectivity index (χ0) is 16.1. The van der Waals surface area contributed by atoms with E-state index in [-0.39, 0.29) is 24.0 Å². The quantitative estimate of drug-likeness (QED) is 0.679. The van der Waals surface area contributed by atoms with Crippen molar-refractivity contribution in [1.82, 2.24) is 0 Å². The second-order valence-corrected chi connectivity index (χ2v) is 4.93. The fraction of sp³-hybridized carbons (Fsp3) is 0.188. The Hall–Kier alpha value is -2.89. The summed E-state index contributed by atoms with van der Waals surface area (Å²) in [6.45, 7) is 3.42. The van der Waals surface area contributed by atoms with Crippen molar-refractivity contribution < 1.29 is 14.5 Å². The molecule has 0 unspecified atom stereocenters. The summed E-state index contributed by atoms with van der Waals surface area (Å²) in [6, 6.07) is 11.9. The molecule has 1 N–H and O–H groups in total. The lowest BCUT2D eigenvalue weighted by Gasteiger charge is -2.09. The summed E-state index contributed by atoms with van der Waals surface area (Å²) in [7, 11) is 0. The van der Waals surface area contributed by atoms with Gasteiger partial charge in [-0.3, -0.25) is 14.9 Å². The Bertz CT molecular complexity index is 713. The SMILES string of the molecule is Cc1cccc(NC(=O)COc2cc(C)ccc2[N+](=O)[O-])c1. The zero-order valence-corrected chi connectivity index (χ0v) is 12.3. The molecule has 0 bridgehead atoms. The van der Waals surface area contributed by atoms with E-state index in [0.717, 1.165) is 11.1 Å². The fourth-order valence-electron chi connectivity index (χ4n) is 1.95. The van der Waals surface area contributed by atoms with Crippen molar-refractivity contribution in [3.8, 4) is 5.75 Å². The third kappa shape index (κ3) is 4.05. The maximum absolute atomic E-state index is 11.9. The second kappa shape index (κ2) is 6.71. The molecular weight excluding hydrogens is 284 g/mol. The van der Waals surface area contributed by atoms with Crippen LogP contribution < -0.4 is 10.1 Å². The predicted octanol–water partition coefficient (Wildman–Crippen LogP) is 3.23. The molecule has 2 aromatic rings. The maximum Gasteiger partial charge on any atom is 0.310 e. The summed E-state index contributed by atoms with van der Waals surface area (Å²) in [5.41, 5.74) is 2.34. The number of hydrogen-bond acceptors (Lipinski definition) is 4. The third-order valence-corrected chi connectivity index (χ3v) is 2.97. The van der Waals surface area contributed by atoms with E-state index in [9.17, 15) is 14.9 Å². The second-order valence-electron chi connectivity index (χ2n) is 4.93. The molecule has 0 spiro atoms. The largest absolute Gasteiger partial charge is 0.477 e. The van der Waals surface area contributed by atoms with E-state index in [1.165, 1.54) is 12.1 Å². The fourth-order valence-corrected chi connectivity index (χ4v) is 1.95. The van der Waals surface area contributed by atoms with Crippen LogP contribution in [0, 0.1) is 24.0 Å². The first-order valence-electron chi connectivity index (χ1n) is 6.70. The summed E-state index contributed by atoms with van der Waals surface area (Å²) in [4.78, 5) is 22.3. The van der Waals surface area contributed by atoms with E-state index in [2.05, 4.69) is 5.32 Å². The number of anilines is 1. The number of nitro groups is 1. The van der Waals surface area contributed by atoms with Crippen molar-refractivity contribution in [1.29, 1.82) is 0 Å². The summed E-state index contributed by atoms with van der Waals surface area (Å²) in [6.07, 6.45) is 0. The Morgan fingerprint density at radius 2 is 1.91 bits per heavy atom. The smallest absolute Gasteiger partial charge is 0.310 e. The van der Waals surface area contributed by atoms with Crippen LogP contribution >= 0.6 is 0 Å². The first kappa shape index (κ1) is 15.5. The molecule has 0 aromatic heterocycles. The summed E-state index contributed by atoms with van der Waals surface area (Å²) < 4.78 is 5.29. The number of benzene rings is 2. The summed E-state index contributed by atoms with van der Waals surface area (Å²) in [5.74, 6) is -0.286. The Balaban J connectivity index is 2.02. The minimum atomic E-state index is -0.534. The Morgan fingerprint density at radius 3 is 2.59 bits per heavy atom. The average molecular weight is 300 g/mol. The van der Waals surface area contributed by atoms with Crippen molar-refractivity contribution in [2.75, 3.05) is 11.9 Å². The van der Waals surface area contributed by atoms with Crippen LogP contribution in [0.1, 0.15) is 11.1 Å². The van der Waals surface area contributed by atoms with Crippen LogP contribution in [-0.4, -0.2) is 17.4 Å². The van der Waals surface area contributed by atoms with Crippen molar-refractivity contribution in [3.05, 3.63) is 63.7 Å². The van der Waals surface area contributed by atoms with Gasteiger partial charge in [-0.2, -0.15) is 0 Å². The molecule has 1 amide bonds. The van der Waals surface area contributed by atoms with E-state index >= 15 is 0 Å². The first-order chi connectivity index (χ1) is 10.5. The van der Waals surface area contributed by atoms with Gasteiger partial charge in [0.15, 0.2) is 12.4 Å². The number of nitrogens with one attached hydrogen (secondary N) is 1. The van der Waals surface area contributed by atoms with Crippen LogP contribution in [0.5, 0.6) is 5.75 Å². The minimum absolute atomic E-state index is 0.0874. The number of ether oxygens (including phenoxy) is 1. The standard InChI is InChI=1S/C16H16N2O4/c1-11-4-3-5-13(8-11)17-16(19)10-22-15-9-12(2)6-7-14(15)18(20)21/h3-9H,10H2,1-2H3,(H,17,19). The van der Waals surface area contributed by atoms with Gasteiger partial charge in [-0.15, -0.1) is 0 Å². The monoisotopic (exact) mass is 300 g/mol. The van der Waals surface area contributed by atoms with Gasteiger partial charge >= 0.3 is 5.69 Å². The lowest BCUT2D eigenvalue weighted by atomic mass is 10.2. The van der Waals surface area contributed by atoms with Crippen molar-refractivity contribution >= 4 is 17.3 Å². The van der Waals surface area contributed by atoms with Gasteiger partial charge in [0.2, 0.25) is 0 Å². The van der Waals surface area contributed by atoms with Crippen molar-refractivity contribution in [3.63, 3.8) is 0 Å². The highest BCUT2D eigenvalue weighted by Crippen LogP contribution is 2.27. The number of nitrogens with zero attached hydrogens (tertiary/aromatic N) is 1. The molecule has 6 heteroatoms. The molecule has 0 aliphatic carbocycles. The van der Waals surface area contributed by atoms with Crippen LogP contribution in [0.25, 0.3) is 0 Å². The molecule has 2 aromatic carbocycles. The average Bonchev–Trinajstić information content (AvgIpc) is 2.45. The molecule has 0 fully saturated rings. The lowest BCUT2D eigenvalue weighted by Crippen LogP contribution is -2.20. The van der Waals surface area contributed by atoms with Gasteiger partial charge < -0.3 is 10.1 Å². The Morgan fingerprint density at radius 1 is 1.18 bits per heavy atom. The van der Waals surface area contributed by atoms with Gasteiger partial charge in [-0.25, -0.2) is 0 Å². The van der Waals surface area contributed by atoms with Gasteiger partial charge in [-0.05, 0) is 43.2 Å². The highest BCUT2D eigenvalue weighted by atomic mass is 16.6. The minimum Gasteiger partial charge on any atom is -0.477 e. The van der Waals surface area contributed by atoms with Crippen molar-refractivity contribution in [2.45, 2.75) is 13.8 Å². The molecule has 0 heterocycles. The Labute approximate surface area is 127 Å². The molecule has 0 atom stereocenters. The van der Waals surface area contributed by atoms with Crippen LogP contribution in [0.2, 0.25) is 0 Å². The summed E-state index contributed by atoms with van der Waals surface area (Å²) in [5, 5.41) is 13.6. The van der Waals surface area contributed by atoms with Crippen LogP contribution in [-0.2, 0) is 4.79 Å². The molecule has 114 valence electrons. The molecule has 0 saturated carbocycles. The van der Waals surface area contributed by atoms with E-state index in [4.69, 9.17) is 4.74 Å². The van der Waals surface area contributed by atoms with Gasteiger partial charge in [0.05, 0.1) is 4.92 Å². The normalized spacial score (nSPS) is 10.1. The number of carbonyl (C=O) groups excluding carboxylic acids is 1. The van der Waals surface area contributed by atoms with Gasteiger partial charge in [0, 0.05) is 11.8 Å². The van der Waals surface area contributed by atoms with Gasteiger partial charge in [-0.1, -0.05) is 18.2 Å². The molecule has 0 aliphatic heterocycles. The van der Waals surface area contributed by atoms with Crippen LogP contribution in [0.3, 0.4) is 0 Å². The Kier molecular flexibility index (Phi) is 4.73. The highest BCUT2D eigenvalue weighted by molar-refractivity contribution is 5.92. The molecule has 2 rings (SSSR count). The summed E-state index contributed by atoms with van der Waals surface area (Å²) >= 11 is 0. The zero-order valence-electron chi connectivity index (χ0n) is 12.3. The number of rotatable bonds is 5. The third-order valence-electron chi connectivity index (χ3n) is 2.97. The number of nitro benzene ring substituents is 1. The predicted molar refractivity (Wildman–Crippen MR) is 83.1 cm³/mol. The molecule has 0 saturated heterocycles. The van der Waals surface area contributed by atoms with Crippen LogP contribution in [0.15, 0.2) is 42.5 Å². The van der Waals surface area contributed by atoms with E-state index in [1.54, 1.807) is 19.1 Å². The van der Waals surface area contributed by atoms with Gasteiger partial charge in [0.1, 0.15) is 0 Å². The van der Waals surface area contributed by atoms with Gasteiger partial charge in [0.25, 0.3) is 5.91 Å². The number of aryl methyl sites for hydroxylation is 2. The lowest BCUT2D eigenvalue weighted by molar-refractivity contribution is -0.385. The molecule has 22 heavy (non-hydrogen) atoms.